The molecule has 1 aliphatic heterocycles. The summed E-state index contributed by atoms with van der Waals surface area (Å²) in [5, 5.41) is 6.09. The first-order valence-corrected chi connectivity index (χ1v) is 4.45. The fourth-order valence-electron chi connectivity index (χ4n) is 1.46. The van der Waals surface area contributed by atoms with E-state index in [0.29, 0.717) is 6.42 Å². The first kappa shape index (κ1) is 8.10. The normalized spacial score (nSPS) is 21.2. The third-order valence-corrected chi connectivity index (χ3v) is 2.11. The van der Waals surface area contributed by atoms with Gasteiger partial charge in [0.1, 0.15) is 0 Å². The Hall–Kier alpha value is -1.51. The third kappa shape index (κ3) is 1.99. The van der Waals surface area contributed by atoms with Crippen LogP contribution in [0.4, 0.5) is 5.69 Å². The van der Waals surface area contributed by atoms with E-state index in [4.69, 9.17) is 0 Å². The van der Waals surface area contributed by atoms with Crippen LogP contribution in [0.2, 0.25) is 0 Å². The fourth-order valence-corrected chi connectivity index (χ4v) is 1.46. The second kappa shape index (κ2) is 3.47. The maximum absolute atomic E-state index is 10.9. The van der Waals surface area contributed by atoms with Crippen molar-refractivity contribution in [3.05, 3.63) is 30.3 Å². The quantitative estimate of drug-likeness (QED) is 0.713. The van der Waals surface area contributed by atoms with Gasteiger partial charge in [-0.15, -0.1) is 0 Å². The van der Waals surface area contributed by atoms with Gasteiger partial charge in [0.15, 0.2) is 0 Å². The van der Waals surface area contributed by atoms with Gasteiger partial charge in [0, 0.05) is 12.1 Å². The van der Waals surface area contributed by atoms with E-state index in [1.807, 2.05) is 30.3 Å². The summed E-state index contributed by atoms with van der Waals surface area (Å²) in [7, 11) is 0. The van der Waals surface area contributed by atoms with Crippen LogP contribution >= 0.6 is 0 Å². The minimum Gasteiger partial charge on any atom is -0.365 e. The number of carbonyl (C=O) groups excluding carboxylic acids is 1. The Balaban J connectivity index is 1.96. The van der Waals surface area contributed by atoms with Crippen LogP contribution in [0.3, 0.4) is 0 Å². The number of anilines is 1. The van der Waals surface area contributed by atoms with Crippen molar-refractivity contribution in [2.45, 2.75) is 19.0 Å². The number of hydrogen-bond donors (Lipinski definition) is 2. The molecular formula is C10H12N2O. The minimum absolute atomic E-state index is 0.106. The molecule has 0 bridgehead atoms. The number of rotatable bonds is 2. The van der Waals surface area contributed by atoms with Crippen LogP contribution in [-0.4, -0.2) is 12.1 Å². The Morgan fingerprint density at radius 1 is 1.31 bits per heavy atom. The number of carbonyl (C=O) groups is 1. The topological polar surface area (TPSA) is 41.1 Å². The molecule has 0 spiro atoms. The summed E-state index contributed by atoms with van der Waals surface area (Å²) in [6, 6.07) is 9.89. The van der Waals surface area contributed by atoms with E-state index in [9.17, 15) is 4.79 Å². The van der Waals surface area contributed by atoms with Crippen LogP contribution < -0.4 is 10.6 Å². The predicted octanol–water partition coefficient (Wildman–Crippen LogP) is 1.33. The van der Waals surface area contributed by atoms with Crippen molar-refractivity contribution >= 4 is 11.6 Å². The van der Waals surface area contributed by atoms with Crippen molar-refractivity contribution < 1.29 is 4.79 Å². The second-order valence-electron chi connectivity index (χ2n) is 3.17. The fraction of sp³-hybridized carbons (Fsp3) is 0.300. The SMILES string of the molecule is O=C1CCC(Nc2ccccc2)N1. The van der Waals surface area contributed by atoms with Gasteiger partial charge in [0.05, 0.1) is 6.17 Å². The first-order valence-electron chi connectivity index (χ1n) is 4.45. The van der Waals surface area contributed by atoms with Gasteiger partial charge in [-0.3, -0.25) is 4.79 Å². The number of benzene rings is 1. The molecule has 2 N–H and O–H groups in total. The van der Waals surface area contributed by atoms with Gasteiger partial charge in [0.2, 0.25) is 5.91 Å². The van der Waals surface area contributed by atoms with Crippen LogP contribution in [0.15, 0.2) is 30.3 Å². The molecule has 3 heteroatoms. The van der Waals surface area contributed by atoms with E-state index < -0.39 is 0 Å². The molecule has 1 atom stereocenters. The monoisotopic (exact) mass is 176 g/mol. The average Bonchev–Trinajstić information content (AvgIpc) is 2.53. The molecule has 0 aliphatic carbocycles. The minimum atomic E-state index is 0.106. The molecule has 0 radical (unpaired) electrons. The molecule has 1 fully saturated rings. The van der Waals surface area contributed by atoms with E-state index in [2.05, 4.69) is 10.6 Å². The van der Waals surface area contributed by atoms with Crippen LogP contribution in [0.25, 0.3) is 0 Å². The molecular weight excluding hydrogens is 164 g/mol. The van der Waals surface area contributed by atoms with Crippen molar-refractivity contribution in [1.29, 1.82) is 0 Å². The standard InChI is InChI=1S/C10H12N2O/c13-10-7-6-9(12-10)11-8-4-2-1-3-5-8/h1-5,9,11H,6-7H2,(H,12,13). The van der Waals surface area contributed by atoms with Gasteiger partial charge in [-0.2, -0.15) is 0 Å². The zero-order chi connectivity index (χ0) is 9.10. The molecule has 3 nitrogen and oxygen atoms in total. The maximum atomic E-state index is 10.9. The first-order chi connectivity index (χ1) is 6.34. The summed E-state index contributed by atoms with van der Waals surface area (Å²) in [4.78, 5) is 10.9. The molecule has 1 unspecified atom stereocenters. The van der Waals surface area contributed by atoms with Crippen LogP contribution in [-0.2, 0) is 4.79 Å². The molecule has 1 aliphatic rings. The highest BCUT2D eigenvalue weighted by Gasteiger charge is 2.19. The lowest BCUT2D eigenvalue weighted by atomic mass is 10.3. The van der Waals surface area contributed by atoms with Crippen molar-refractivity contribution in [2.24, 2.45) is 0 Å². The largest absolute Gasteiger partial charge is 0.365 e. The summed E-state index contributed by atoms with van der Waals surface area (Å²) < 4.78 is 0. The lowest BCUT2D eigenvalue weighted by molar-refractivity contribution is -0.119. The number of hydrogen-bond acceptors (Lipinski definition) is 2. The molecule has 1 aromatic carbocycles. The van der Waals surface area contributed by atoms with Gasteiger partial charge < -0.3 is 10.6 Å². The van der Waals surface area contributed by atoms with Crippen LogP contribution in [0.5, 0.6) is 0 Å². The van der Waals surface area contributed by atoms with E-state index in [-0.39, 0.29) is 12.1 Å². The van der Waals surface area contributed by atoms with Crippen molar-refractivity contribution in [3.63, 3.8) is 0 Å². The summed E-state index contributed by atoms with van der Waals surface area (Å²) in [5.74, 6) is 0.133. The Labute approximate surface area is 77.1 Å². The lowest BCUT2D eigenvalue weighted by Crippen LogP contribution is -2.32. The molecule has 13 heavy (non-hydrogen) atoms. The Kier molecular flexibility index (Phi) is 2.17. The van der Waals surface area contributed by atoms with Crippen LogP contribution in [0, 0.1) is 0 Å². The Morgan fingerprint density at radius 3 is 2.69 bits per heavy atom. The second-order valence-corrected chi connectivity index (χ2v) is 3.17. The van der Waals surface area contributed by atoms with Crippen molar-refractivity contribution in [2.75, 3.05) is 5.32 Å². The summed E-state index contributed by atoms with van der Waals surface area (Å²) in [5.41, 5.74) is 1.05. The average molecular weight is 176 g/mol. The van der Waals surface area contributed by atoms with E-state index in [0.717, 1.165) is 12.1 Å². The van der Waals surface area contributed by atoms with Gasteiger partial charge >= 0.3 is 0 Å². The Bertz CT molecular complexity index is 297. The molecule has 68 valence electrons. The van der Waals surface area contributed by atoms with Gasteiger partial charge in [-0.05, 0) is 18.6 Å². The van der Waals surface area contributed by atoms with E-state index in [1.165, 1.54) is 0 Å². The van der Waals surface area contributed by atoms with E-state index in [1.54, 1.807) is 0 Å². The molecule has 0 aromatic heterocycles. The molecule has 2 rings (SSSR count). The van der Waals surface area contributed by atoms with Crippen molar-refractivity contribution in [3.8, 4) is 0 Å². The zero-order valence-electron chi connectivity index (χ0n) is 7.29. The molecule has 1 heterocycles. The zero-order valence-corrected chi connectivity index (χ0v) is 7.29. The Morgan fingerprint density at radius 2 is 2.08 bits per heavy atom. The predicted molar refractivity (Wildman–Crippen MR) is 51.2 cm³/mol. The highest BCUT2D eigenvalue weighted by molar-refractivity contribution is 5.78. The molecule has 1 amide bonds. The van der Waals surface area contributed by atoms with E-state index >= 15 is 0 Å². The maximum Gasteiger partial charge on any atom is 0.221 e. The third-order valence-electron chi connectivity index (χ3n) is 2.11. The number of nitrogens with one attached hydrogen (secondary N) is 2. The van der Waals surface area contributed by atoms with Gasteiger partial charge in [0.25, 0.3) is 0 Å². The summed E-state index contributed by atoms with van der Waals surface area (Å²) >= 11 is 0. The van der Waals surface area contributed by atoms with Gasteiger partial charge in [-0.1, -0.05) is 18.2 Å². The van der Waals surface area contributed by atoms with Gasteiger partial charge in [-0.25, -0.2) is 0 Å². The number of para-hydroxylation sites is 1. The van der Waals surface area contributed by atoms with Crippen molar-refractivity contribution in [1.82, 2.24) is 5.32 Å². The summed E-state index contributed by atoms with van der Waals surface area (Å²) in [6.45, 7) is 0. The highest BCUT2D eigenvalue weighted by Crippen LogP contribution is 2.12. The summed E-state index contributed by atoms with van der Waals surface area (Å²) in [6.07, 6.45) is 1.60. The molecule has 1 saturated heterocycles. The lowest BCUT2D eigenvalue weighted by Gasteiger charge is -2.13. The number of amides is 1. The molecule has 0 saturated carbocycles. The smallest absolute Gasteiger partial charge is 0.221 e. The van der Waals surface area contributed by atoms with Crippen LogP contribution in [0.1, 0.15) is 12.8 Å². The highest BCUT2D eigenvalue weighted by atomic mass is 16.2. The molecule has 1 aromatic rings.